The van der Waals surface area contributed by atoms with Gasteiger partial charge in [0.05, 0.1) is 16.4 Å². The molecule has 0 radical (unpaired) electrons. The van der Waals surface area contributed by atoms with E-state index in [1.165, 1.54) is 17.8 Å². The van der Waals surface area contributed by atoms with Gasteiger partial charge in [0.25, 0.3) is 0 Å². The number of benzene rings is 2. The third-order valence-corrected chi connectivity index (χ3v) is 5.99. The number of amides is 1. The van der Waals surface area contributed by atoms with Crippen LogP contribution in [0.4, 0.5) is 21.7 Å². The molecule has 1 aliphatic rings. The van der Waals surface area contributed by atoms with E-state index >= 15 is 0 Å². The quantitative estimate of drug-likeness (QED) is 0.326. The van der Waals surface area contributed by atoms with Crippen LogP contribution in [-0.4, -0.2) is 44.4 Å². The summed E-state index contributed by atoms with van der Waals surface area (Å²) in [5, 5.41) is 22.7. The van der Waals surface area contributed by atoms with Crippen LogP contribution in [-0.2, 0) is 4.79 Å². The number of hydrogen-bond acceptors (Lipinski definition) is 7. The molecule has 0 spiro atoms. The lowest BCUT2D eigenvalue weighted by Crippen LogP contribution is -2.22. The Kier molecular flexibility index (Phi) is 6.35. The second-order valence-corrected chi connectivity index (χ2v) is 8.35. The smallest absolute Gasteiger partial charge is 0.306 e. The second kappa shape index (κ2) is 9.35. The van der Waals surface area contributed by atoms with Crippen LogP contribution in [0.15, 0.2) is 47.6 Å². The number of rotatable bonds is 7. The Bertz CT molecular complexity index is 1140. The molecule has 0 bridgehead atoms. The van der Waals surface area contributed by atoms with Gasteiger partial charge in [0.1, 0.15) is 0 Å². The molecule has 1 aromatic heterocycles. The Morgan fingerprint density at radius 2 is 1.91 bits per heavy atom. The van der Waals surface area contributed by atoms with Crippen LogP contribution in [0.1, 0.15) is 18.4 Å². The zero-order valence-corrected chi connectivity index (χ0v) is 18.1. The number of nitrogens with zero attached hydrogens (tertiary/aromatic N) is 5. The lowest BCUT2D eigenvalue weighted by atomic mass is 10.2. The van der Waals surface area contributed by atoms with Crippen molar-refractivity contribution >= 4 is 35.0 Å². The van der Waals surface area contributed by atoms with Gasteiger partial charge in [-0.3, -0.25) is 19.5 Å². The highest BCUT2D eigenvalue weighted by Crippen LogP contribution is 2.29. The van der Waals surface area contributed by atoms with Gasteiger partial charge in [0, 0.05) is 24.8 Å². The molecule has 3 aromatic rings. The molecule has 0 atom stereocenters. The predicted octanol–water partition coefficient (Wildman–Crippen LogP) is 3.95. The minimum Gasteiger partial charge on any atom is -0.341 e. The van der Waals surface area contributed by atoms with Crippen LogP contribution in [0.3, 0.4) is 0 Å². The molecule has 166 valence electrons. The molecule has 9 nitrogen and oxygen atoms in total. The highest BCUT2D eigenvalue weighted by atomic mass is 32.2. The maximum absolute atomic E-state index is 13.5. The zero-order valence-electron chi connectivity index (χ0n) is 17.3. The first kappa shape index (κ1) is 21.8. The summed E-state index contributed by atoms with van der Waals surface area (Å²) < 4.78 is 15.4. The Labute approximate surface area is 187 Å². The molecule has 1 aliphatic heterocycles. The monoisotopic (exact) mass is 456 g/mol. The first-order valence-corrected chi connectivity index (χ1v) is 11.0. The van der Waals surface area contributed by atoms with Crippen molar-refractivity contribution in [2.45, 2.75) is 24.9 Å². The van der Waals surface area contributed by atoms with Crippen molar-refractivity contribution in [1.82, 2.24) is 14.8 Å². The van der Waals surface area contributed by atoms with E-state index in [0.717, 1.165) is 55.3 Å². The van der Waals surface area contributed by atoms with E-state index in [2.05, 4.69) is 20.4 Å². The Morgan fingerprint density at radius 3 is 2.59 bits per heavy atom. The minimum absolute atomic E-state index is 0.00910. The number of nitro benzene ring substituents is 1. The molecule has 4 rings (SSSR count). The summed E-state index contributed by atoms with van der Waals surface area (Å²) in [6.45, 7) is 3.81. The van der Waals surface area contributed by atoms with E-state index in [1.807, 2.05) is 35.8 Å². The van der Waals surface area contributed by atoms with Crippen LogP contribution in [0.2, 0.25) is 0 Å². The van der Waals surface area contributed by atoms with Gasteiger partial charge < -0.3 is 10.2 Å². The number of aryl methyl sites for hydroxylation is 1. The first-order chi connectivity index (χ1) is 15.4. The Hall–Kier alpha value is -3.47. The van der Waals surface area contributed by atoms with Crippen LogP contribution in [0, 0.1) is 22.9 Å². The number of anilines is 2. The number of thioether (sulfide) groups is 1. The molecule has 0 saturated carbocycles. The SMILES string of the molecule is Cc1ccc(-n2c(SCC(=O)Nc3ccc(F)c([N+](=O)[O-])c3)nnc2N2CCCC2)cc1. The molecule has 1 saturated heterocycles. The lowest BCUT2D eigenvalue weighted by Gasteiger charge is -2.18. The van der Waals surface area contributed by atoms with Gasteiger partial charge in [-0.05, 0) is 44.0 Å². The van der Waals surface area contributed by atoms with E-state index in [9.17, 15) is 19.3 Å². The van der Waals surface area contributed by atoms with Crippen LogP contribution in [0.25, 0.3) is 5.69 Å². The van der Waals surface area contributed by atoms with E-state index in [4.69, 9.17) is 0 Å². The van der Waals surface area contributed by atoms with E-state index in [1.54, 1.807) is 0 Å². The molecular weight excluding hydrogens is 435 g/mol. The molecular formula is C21H21FN6O3S. The third-order valence-electron chi connectivity index (χ3n) is 5.06. The van der Waals surface area contributed by atoms with Gasteiger partial charge in [0.2, 0.25) is 17.7 Å². The van der Waals surface area contributed by atoms with Crippen molar-refractivity contribution in [3.63, 3.8) is 0 Å². The van der Waals surface area contributed by atoms with E-state index < -0.39 is 22.3 Å². The van der Waals surface area contributed by atoms with E-state index in [0.29, 0.717) is 5.16 Å². The van der Waals surface area contributed by atoms with Gasteiger partial charge in [-0.1, -0.05) is 29.5 Å². The molecule has 1 amide bonds. The zero-order chi connectivity index (χ0) is 22.7. The van der Waals surface area contributed by atoms with Crippen LogP contribution >= 0.6 is 11.8 Å². The number of carbonyl (C=O) groups is 1. The summed E-state index contributed by atoms with van der Waals surface area (Å²) in [6.07, 6.45) is 2.19. The summed E-state index contributed by atoms with van der Waals surface area (Å²) in [7, 11) is 0. The van der Waals surface area contributed by atoms with Crippen molar-refractivity contribution < 1.29 is 14.1 Å². The summed E-state index contributed by atoms with van der Waals surface area (Å²) in [4.78, 5) is 24.7. The fourth-order valence-electron chi connectivity index (χ4n) is 3.45. The fraction of sp³-hybridized carbons (Fsp3) is 0.286. The number of halogens is 1. The molecule has 0 aliphatic carbocycles. The molecule has 11 heteroatoms. The molecule has 1 N–H and O–H groups in total. The maximum Gasteiger partial charge on any atom is 0.306 e. The predicted molar refractivity (Wildman–Crippen MR) is 120 cm³/mol. The van der Waals surface area contributed by atoms with Crippen molar-refractivity contribution in [2.75, 3.05) is 29.1 Å². The average molecular weight is 457 g/mol. The number of nitrogens with one attached hydrogen (secondary N) is 1. The van der Waals surface area contributed by atoms with Gasteiger partial charge in [-0.25, -0.2) is 0 Å². The summed E-state index contributed by atoms with van der Waals surface area (Å²) in [5.41, 5.74) is 1.50. The van der Waals surface area contributed by atoms with Gasteiger partial charge in [0.15, 0.2) is 5.16 Å². The van der Waals surface area contributed by atoms with Crippen molar-refractivity contribution in [3.8, 4) is 5.69 Å². The van der Waals surface area contributed by atoms with Gasteiger partial charge in [-0.2, -0.15) is 4.39 Å². The number of hydrogen-bond donors (Lipinski definition) is 1. The molecule has 1 fully saturated rings. The van der Waals surface area contributed by atoms with Crippen LogP contribution < -0.4 is 10.2 Å². The van der Waals surface area contributed by atoms with E-state index in [-0.39, 0.29) is 11.4 Å². The summed E-state index contributed by atoms with van der Waals surface area (Å²) in [6, 6.07) is 11.2. The number of nitro groups is 1. The largest absolute Gasteiger partial charge is 0.341 e. The highest BCUT2D eigenvalue weighted by molar-refractivity contribution is 7.99. The Balaban J connectivity index is 1.51. The molecule has 32 heavy (non-hydrogen) atoms. The Morgan fingerprint density at radius 1 is 1.19 bits per heavy atom. The van der Waals surface area contributed by atoms with Crippen LogP contribution in [0.5, 0.6) is 0 Å². The number of aromatic nitrogens is 3. The molecule has 2 heterocycles. The third kappa shape index (κ3) is 4.72. The van der Waals surface area contributed by atoms with Gasteiger partial charge >= 0.3 is 5.69 Å². The minimum atomic E-state index is -0.956. The normalized spacial score (nSPS) is 13.4. The molecule has 0 unspecified atom stereocenters. The summed E-state index contributed by atoms with van der Waals surface area (Å²) in [5.74, 6) is -0.599. The average Bonchev–Trinajstić information content (AvgIpc) is 3.44. The fourth-order valence-corrected chi connectivity index (χ4v) is 4.20. The first-order valence-electron chi connectivity index (χ1n) is 10.1. The maximum atomic E-state index is 13.5. The van der Waals surface area contributed by atoms with Gasteiger partial charge in [-0.15, -0.1) is 10.2 Å². The van der Waals surface area contributed by atoms with Crippen molar-refractivity contribution in [3.05, 3.63) is 64.0 Å². The standard InChI is InChI=1S/C21H21FN6O3S/c1-14-4-7-16(8-5-14)27-20(26-10-2-3-11-26)24-25-21(27)32-13-19(29)23-15-6-9-17(22)18(12-15)28(30)31/h4-9,12H,2-3,10-11,13H2,1H3,(H,23,29). The summed E-state index contributed by atoms with van der Waals surface area (Å²) >= 11 is 1.21. The lowest BCUT2D eigenvalue weighted by molar-refractivity contribution is -0.387. The second-order valence-electron chi connectivity index (χ2n) is 7.41. The van der Waals surface area contributed by atoms with Crippen molar-refractivity contribution in [2.24, 2.45) is 0 Å². The topological polar surface area (TPSA) is 106 Å². The van der Waals surface area contributed by atoms with Crippen molar-refractivity contribution in [1.29, 1.82) is 0 Å². The number of carbonyl (C=O) groups excluding carboxylic acids is 1. The molecule has 2 aromatic carbocycles. The highest BCUT2D eigenvalue weighted by Gasteiger charge is 2.23.